The van der Waals surface area contributed by atoms with Crippen LogP contribution < -0.4 is 5.32 Å². The molecule has 1 N–H and O–H groups in total. The van der Waals surface area contributed by atoms with Gasteiger partial charge in [-0.3, -0.25) is 24.1 Å². The standard InChI is InChI=1S/C22H22N4O6S/c1-14(27)25-9-11-26(12-10-25)33(31,32)17-6-3-15(4-7-17)20(28)23-16-5-8-18-19(13-16)22(30)24(2)21(18)29/h3-8,13H,9-12H2,1-2H3,(H,23,28). The second kappa shape index (κ2) is 8.41. The maximum absolute atomic E-state index is 12.9. The fourth-order valence-corrected chi connectivity index (χ4v) is 5.24. The third-order valence-electron chi connectivity index (χ3n) is 5.79. The molecular formula is C22H22N4O6S. The van der Waals surface area contributed by atoms with E-state index in [0.29, 0.717) is 18.8 Å². The SMILES string of the molecule is CC(=O)N1CCN(S(=O)(=O)c2ccc(C(=O)Nc3ccc4c(c3)C(=O)N(C)C4=O)cc2)CC1. The number of imide groups is 1. The van der Waals surface area contributed by atoms with E-state index >= 15 is 0 Å². The van der Waals surface area contributed by atoms with E-state index in [1.807, 2.05) is 0 Å². The first-order valence-electron chi connectivity index (χ1n) is 10.2. The first kappa shape index (κ1) is 22.6. The molecule has 2 aromatic carbocycles. The van der Waals surface area contributed by atoms with Gasteiger partial charge in [0.15, 0.2) is 0 Å². The number of benzene rings is 2. The molecule has 0 atom stereocenters. The third kappa shape index (κ3) is 4.12. The summed E-state index contributed by atoms with van der Waals surface area (Å²) in [4.78, 5) is 50.8. The molecule has 33 heavy (non-hydrogen) atoms. The highest BCUT2D eigenvalue weighted by molar-refractivity contribution is 7.89. The van der Waals surface area contributed by atoms with E-state index in [1.165, 1.54) is 60.7 Å². The van der Waals surface area contributed by atoms with Crippen molar-refractivity contribution in [2.45, 2.75) is 11.8 Å². The number of carbonyl (C=O) groups is 4. The van der Waals surface area contributed by atoms with Gasteiger partial charge in [0.1, 0.15) is 0 Å². The van der Waals surface area contributed by atoms with Crippen LogP contribution in [0.2, 0.25) is 0 Å². The van der Waals surface area contributed by atoms with Gasteiger partial charge in [-0.25, -0.2) is 8.42 Å². The van der Waals surface area contributed by atoms with Crippen molar-refractivity contribution < 1.29 is 27.6 Å². The van der Waals surface area contributed by atoms with E-state index in [1.54, 1.807) is 4.90 Å². The van der Waals surface area contributed by atoms with Gasteiger partial charge in [-0.05, 0) is 42.5 Å². The van der Waals surface area contributed by atoms with Crippen LogP contribution in [0.1, 0.15) is 38.0 Å². The fraction of sp³-hybridized carbons (Fsp3) is 0.273. The van der Waals surface area contributed by atoms with E-state index in [2.05, 4.69) is 5.32 Å². The van der Waals surface area contributed by atoms with Crippen molar-refractivity contribution in [2.75, 3.05) is 38.5 Å². The predicted octanol–water partition coefficient (Wildman–Crippen LogP) is 1.02. The molecule has 0 aromatic heterocycles. The second-order valence-corrected chi connectivity index (χ2v) is 9.76. The van der Waals surface area contributed by atoms with Crippen molar-refractivity contribution in [1.29, 1.82) is 0 Å². The van der Waals surface area contributed by atoms with Gasteiger partial charge in [0.2, 0.25) is 15.9 Å². The highest BCUT2D eigenvalue weighted by Gasteiger charge is 2.33. The number of carbonyl (C=O) groups excluding carboxylic acids is 4. The first-order valence-corrected chi connectivity index (χ1v) is 11.7. The topological polar surface area (TPSA) is 124 Å². The quantitative estimate of drug-likeness (QED) is 0.666. The van der Waals surface area contributed by atoms with Gasteiger partial charge < -0.3 is 10.2 Å². The summed E-state index contributed by atoms with van der Waals surface area (Å²) in [5.74, 6) is -1.41. The van der Waals surface area contributed by atoms with E-state index in [0.717, 1.165) is 4.90 Å². The van der Waals surface area contributed by atoms with Crippen LogP contribution in [0.5, 0.6) is 0 Å². The Morgan fingerprint density at radius 3 is 2.09 bits per heavy atom. The highest BCUT2D eigenvalue weighted by atomic mass is 32.2. The summed E-state index contributed by atoms with van der Waals surface area (Å²) in [5.41, 5.74) is 1.07. The van der Waals surface area contributed by atoms with Crippen LogP contribution >= 0.6 is 0 Å². The van der Waals surface area contributed by atoms with Crippen LogP contribution in [-0.4, -0.2) is 79.4 Å². The van der Waals surface area contributed by atoms with Crippen molar-refractivity contribution in [1.82, 2.24) is 14.1 Å². The van der Waals surface area contributed by atoms with Crippen LogP contribution in [0, 0.1) is 0 Å². The summed E-state index contributed by atoms with van der Waals surface area (Å²) >= 11 is 0. The number of rotatable bonds is 4. The Balaban J connectivity index is 1.45. The van der Waals surface area contributed by atoms with Crippen LogP contribution in [0.15, 0.2) is 47.4 Å². The van der Waals surface area contributed by atoms with Crippen molar-refractivity contribution in [3.05, 3.63) is 59.2 Å². The lowest BCUT2D eigenvalue weighted by Crippen LogP contribution is -2.49. The lowest BCUT2D eigenvalue weighted by Gasteiger charge is -2.33. The summed E-state index contributed by atoms with van der Waals surface area (Å²) in [6.07, 6.45) is 0. The third-order valence-corrected chi connectivity index (χ3v) is 7.70. The van der Waals surface area contributed by atoms with Gasteiger partial charge in [-0.2, -0.15) is 4.31 Å². The summed E-state index contributed by atoms with van der Waals surface area (Å²) in [6.45, 7) is 2.53. The largest absolute Gasteiger partial charge is 0.340 e. The van der Waals surface area contributed by atoms with Gasteiger partial charge in [0.05, 0.1) is 16.0 Å². The summed E-state index contributed by atoms with van der Waals surface area (Å²) in [6, 6.07) is 9.99. The normalized spacial score (nSPS) is 16.7. The molecule has 1 fully saturated rings. The number of fused-ring (bicyclic) bond motifs is 1. The van der Waals surface area contributed by atoms with Crippen molar-refractivity contribution >= 4 is 39.3 Å². The zero-order valence-electron chi connectivity index (χ0n) is 18.1. The maximum atomic E-state index is 12.9. The molecule has 172 valence electrons. The molecule has 0 bridgehead atoms. The molecule has 0 radical (unpaired) electrons. The number of hydrogen-bond acceptors (Lipinski definition) is 6. The lowest BCUT2D eigenvalue weighted by molar-refractivity contribution is -0.129. The lowest BCUT2D eigenvalue weighted by atomic mass is 10.1. The molecule has 2 aliphatic rings. The predicted molar refractivity (Wildman–Crippen MR) is 118 cm³/mol. The summed E-state index contributed by atoms with van der Waals surface area (Å²) in [7, 11) is -2.36. The molecule has 2 heterocycles. The first-order chi connectivity index (χ1) is 15.6. The second-order valence-electron chi connectivity index (χ2n) is 7.82. The van der Waals surface area contributed by atoms with Crippen LogP contribution in [0.25, 0.3) is 0 Å². The Labute approximate surface area is 190 Å². The smallest absolute Gasteiger partial charge is 0.261 e. The van der Waals surface area contributed by atoms with E-state index in [4.69, 9.17) is 0 Å². The van der Waals surface area contributed by atoms with E-state index in [9.17, 15) is 27.6 Å². The monoisotopic (exact) mass is 470 g/mol. The Hall–Kier alpha value is -3.57. The van der Waals surface area contributed by atoms with Crippen LogP contribution in [-0.2, 0) is 14.8 Å². The molecule has 2 aromatic rings. The van der Waals surface area contributed by atoms with E-state index in [-0.39, 0.29) is 40.6 Å². The zero-order valence-corrected chi connectivity index (χ0v) is 18.9. The molecule has 0 spiro atoms. The Morgan fingerprint density at radius 2 is 1.48 bits per heavy atom. The summed E-state index contributed by atoms with van der Waals surface area (Å²) in [5, 5.41) is 2.66. The minimum atomic E-state index is -3.75. The number of sulfonamides is 1. The Kier molecular flexibility index (Phi) is 5.76. The van der Waals surface area contributed by atoms with Gasteiger partial charge in [-0.15, -0.1) is 0 Å². The molecule has 2 aliphatic heterocycles. The number of amides is 4. The molecule has 4 amide bonds. The molecule has 4 rings (SSSR count). The van der Waals surface area contributed by atoms with Crippen LogP contribution in [0.4, 0.5) is 5.69 Å². The van der Waals surface area contributed by atoms with Crippen molar-refractivity contribution in [2.24, 2.45) is 0 Å². The molecule has 10 nitrogen and oxygen atoms in total. The van der Waals surface area contributed by atoms with E-state index < -0.39 is 27.7 Å². The molecule has 0 unspecified atom stereocenters. The minimum absolute atomic E-state index is 0.0556. The Bertz CT molecular complexity index is 1260. The number of nitrogens with zero attached hydrogens (tertiary/aromatic N) is 3. The average molecular weight is 471 g/mol. The fourth-order valence-electron chi connectivity index (χ4n) is 3.81. The summed E-state index contributed by atoms with van der Waals surface area (Å²) < 4.78 is 27.1. The zero-order chi connectivity index (χ0) is 23.9. The number of hydrogen-bond donors (Lipinski definition) is 1. The maximum Gasteiger partial charge on any atom is 0.261 e. The highest BCUT2D eigenvalue weighted by Crippen LogP contribution is 2.25. The van der Waals surface area contributed by atoms with Crippen LogP contribution in [0.3, 0.4) is 0 Å². The molecular weight excluding hydrogens is 448 g/mol. The van der Waals surface area contributed by atoms with Gasteiger partial charge in [-0.1, -0.05) is 0 Å². The number of nitrogens with one attached hydrogen (secondary N) is 1. The molecule has 11 heteroatoms. The number of piperazine rings is 1. The minimum Gasteiger partial charge on any atom is -0.340 e. The van der Waals surface area contributed by atoms with Crippen molar-refractivity contribution in [3.8, 4) is 0 Å². The van der Waals surface area contributed by atoms with Gasteiger partial charge in [0, 0.05) is 51.4 Å². The van der Waals surface area contributed by atoms with Crippen molar-refractivity contribution in [3.63, 3.8) is 0 Å². The average Bonchev–Trinajstić information content (AvgIpc) is 3.02. The van der Waals surface area contributed by atoms with Gasteiger partial charge in [0.25, 0.3) is 17.7 Å². The molecule has 0 saturated carbocycles. The number of anilines is 1. The van der Waals surface area contributed by atoms with Gasteiger partial charge >= 0.3 is 0 Å². The molecule has 1 saturated heterocycles. The molecule has 0 aliphatic carbocycles. The Morgan fingerprint density at radius 1 is 0.879 bits per heavy atom.